The second-order valence-electron chi connectivity index (χ2n) is 3.27. The Kier molecular flexibility index (Phi) is 2.32. The summed E-state index contributed by atoms with van der Waals surface area (Å²) in [4.78, 5) is 26.6. The highest BCUT2D eigenvalue weighted by molar-refractivity contribution is 5.94. The molecule has 2 amide bonds. The molecule has 0 aliphatic rings. The molecule has 0 atom stereocenters. The summed E-state index contributed by atoms with van der Waals surface area (Å²) in [6, 6.07) is 3.10. The molecular formula is C10H9N3O3. The second kappa shape index (κ2) is 3.65. The molecule has 82 valence electrons. The number of nitrogens with two attached hydrogens (primary N) is 1. The zero-order chi connectivity index (χ0) is 11.7. The van der Waals surface area contributed by atoms with Crippen LogP contribution in [0.3, 0.4) is 0 Å². The van der Waals surface area contributed by atoms with Crippen LogP contribution in [0.2, 0.25) is 0 Å². The van der Waals surface area contributed by atoms with Gasteiger partial charge in [-0.1, -0.05) is 0 Å². The lowest BCUT2D eigenvalue weighted by Crippen LogP contribution is -2.12. The Morgan fingerprint density at radius 1 is 1.56 bits per heavy atom. The number of anilines is 1. The SMILES string of the molecule is CN(C=O)c1cc2cnc(C(N)=O)cc2o1. The fourth-order valence-corrected chi connectivity index (χ4v) is 1.28. The van der Waals surface area contributed by atoms with E-state index in [-0.39, 0.29) is 5.69 Å². The first-order valence-corrected chi connectivity index (χ1v) is 4.49. The molecule has 0 fully saturated rings. The van der Waals surface area contributed by atoms with Gasteiger partial charge in [-0.2, -0.15) is 0 Å². The van der Waals surface area contributed by atoms with Crippen molar-refractivity contribution < 1.29 is 14.0 Å². The van der Waals surface area contributed by atoms with Gasteiger partial charge in [0.15, 0.2) is 0 Å². The van der Waals surface area contributed by atoms with E-state index in [4.69, 9.17) is 10.2 Å². The van der Waals surface area contributed by atoms with E-state index in [0.29, 0.717) is 23.3 Å². The van der Waals surface area contributed by atoms with Gasteiger partial charge in [-0.15, -0.1) is 0 Å². The van der Waals surface area contributed by atoms with E-state index >= 15 is 0 Å². The third-order valence-corrected chi connectivity index (χ3v) is 2.15. The predicted octanol–water partition coefficient (Wildman–Crippen LogP) is 0.519. The minimum Gasteiger partial charge on any atom is -0.440 e. The lowest BCUT2D eigenvalue weighted by atomic mass is 10.3. The number of amides is 2. The smallest absolute Gasteiger partial charge is 0.267 e. The molecule has 2 rings (SSSR count). The van der Waals surface area contributed by atoms with Crippen molar-refractivity contribution in [1.29, 1.82) is 0 Å². The van der Waals surface area contributed by atoms with Gasteiger partial charge in [-0.3, -0.25) is 19.5 Å². The van der Waals surface area contributed by atoms with Crippen LogP contribution in [0.15, 0.2) is 22.7 Å². The first kappa shape index (κ1) is 10.2. The van der Waals surface area contributed by atoms with Gasteiger partial charge in [0.2, 0.25) is 12.3 Å². The van der Waals surface area contributed by atoms with Crippen molar-refractivity contribution in [3.05, 3.63) is 24.0 Å². The van der Waals surface area contributed by atoms with Gasteiger partial charge in [0, 0.05) is 30.8 Å². The van der Waals surface area contributed by atoms with Gasteiger partial charge in [0.05, 0.1) is 0 Å². The Bertz CT molecular complexity index is 561. The van der Waals surface area contributed by atoms with Crippen LogP contribution < -0.4 is 10.6 Å². The molecule has 2 aromatic rings. The van der Waals surface area contributed by atoms with Crippen LogP contribution in [0.25, 0.3) is 11.0 Å². The largest absolute Gasteiger partial charge is 0.440 e. The van der Waals surface area contributed by atoms with Gasteiger partial charge in [0.1, 0.15) is 11.3 Å². The highest BCUT2D eigenvalue weighted by atomic mass is 16.4. The molecule has 0 saturated carbocycles. The van der Waals surface area contributed by atoms with E-state index in [9.17, 15) is 9.59 Å². The number of aromatic nitrogens is 1. The van der Waals surface area contributed by atoms with Gasteiger partial charge < -0.3 is 10.2 Å². The summed E-state index contributed by atoms with van der Waals surface area (Å²) in [6.45, 7) is 0. The van der Waals surface area contributed by atoms with Crippen LogP contribution in [0.4, 0.5) is 5.88 Å². The zero-order valence-corrected chi connectivity index (χ0v) is 8.51. The number of carbonyl (C=O) groups excluding carboxylic acids is 2. The fourth-order valence-electron chi connectivity index (χ4n) is 1.28. The molecule has 2 aromatic heterocycles. The van der Waals surface area contributed by atoms with E-state index < -0.39 is 5.91 Å². The van der Waals surface area contributed by atoms with E-state index in [2.05, 4.69) is 4.98 Å². The molecule has 0 aromatic carbocycles. The summed E-state index contributed by atoms with van der Waals surface area (Å²) in [7, 11) is 1.56. The molecular weight excluding hydrogens is 210 g/mol. The molecule has 0 saturated heterocycles. The van der Waals surface area contributed by atoms with Crippen LogP contribution in [-0.2, 0) is 4.79 Å². The molecule has 2 N–H and O–H groups in total. The van der Waals surface area contributed by atoms with Crippen molar-refractivity contribution in [3.8, 4) is 0 Å². The van der Waals surface area contributed by atoms with Crippen LogP contribution in [0.5, 0.6) is 0 Å². The monoisotopic (exact) mass is 219 g/mol. The predicted molar refractivity (Wildman–Crippen MR) is 57.0 cm³/mol. The third kappa shape index (κ3) is 1.60. The number of nitrogens with zero attached hydrogens (tertiary/aromatic N) is 2. The number of rotatable bonds is 3. The topological polar surface area (TPSA) is 89.4 Å². The molecule has 0 aliphatic heterocycles. The van der Waals surface area contributed by atoms with Gasteiger partial charge in [-0.25, -0.2) is 0 Å². The van der Waals surface area contributed by atoms with E-state index in [1.165, 1.54) is 17.2 Å². The average Bonchev–Trinajstić information content (AvgIpc) is 2.70. The number of carbonyl (C=O) groups is 2. The summed E-state index contributed by atoms with van der Waals surface area (Å²) in [5.41, 5.74) is 5.68. The number of pyridine rings is 1. The minimum atomic E-state index is -0.622. The first-order chi connectivity index (χ1) is 7.61. The molecule has 0 bridgehead atoms. The summed E-state index contributed by atoms with van der Waals surface area (Å²) in [5, 5.41) is 0.703. The maximum atomic E-state index is 10.9. The number of hydrogen-bond acceptors (Lipinski definition) is 4. The molecule has 6 nitrogen and oxygen atoms in total. The summed E-state index contributed by atoms with van der Waals surface area (Å²) in [5.74, 6) is -0.239. The van der Waals surface area contributed by atoms with Crippen molar-refractivity contribution in [1.82, 2.24) is 4.98 Å². The highest BCUT2D eigenvalue weighted by Crippen LogP contribution is 2.24. The van der Waals surface area contributed by atoms with Crippen LogP contribution >= 0.6 is 0 Å². The molecule has 0 unspecified atom stereocenters. The number of primary amides is 1. The maximum absolute atomic E-state index is 10.9. The van der Waals surface area contributed by atoms with Crippen molar-refractivity contribution >= 4 is 29.2 Å². The number of furan rings is 1. The summed E-state index contributed by atoms with van der Waals surface area (Å²) in [6.07, 6.45) is 2.10. The van der Waals surface area contributed by atoms with Crippen molar-refractivity contribution in [2.24, 2.45) is 5.73 Å². The average molecular weight is 219 g/mol. The highest BCUT2D eigenvalue weighted by Gasteiger charge is 2.10. The van der Waals surface area contributed by atoms with E-state index in [0.717, 1.165) is 0 Å². The van der Waals surface area contributed by atoms with Gasteiger partial charge >= 0.3 is 0 Å². The van der Waals surface area contributed by atoms with E-state index in [1.807, 2.05) is 0 Å². The summed E-state index contributed by atoms with van der Waals surface area (Å²) >= 11 is 0. The zero-order valence-electron chi connectivity index (χ0n) is 8.51. The molecule has 6 heteroatoms. The Balaban J connectivity index is 2.53. The minimum absolute atomic E-state index is 0.127. The summed E-state index contributed by atoms with van der Waals surface area (Å²) < 4.78 is 5.36. The maximum Gasteiger partial charge on any atom is 0.267 e. The molecule has 2 heterocycles. The Morgan fingerprint density at radius 2 is 2.31 bits per heavy atom. The lowest BCUT2D eigenvalue weighted by molar-refractivity contribution is -0.107. The van der Waals surface area contributed by atoms with Gasteiger partial charge in [-0.05, 0) is 0 Å². The van der Waals surface area contributed by atoms with Gasteiger partial charge in [0.25, 0.3) is 5.91 Å². The molecule has 0 spiro atoms. The molecule has 16 heavy (non-hydrogen) atoms. The van der Waals surface area contributed by atoms with Crippen LogP contribution in [0.1, 0.15) is 10.5 Å². The molecule has 0 radical (unpaired) electrons. The Hall–Kier alpha value is -2.37. The van der Waals surface area contributed by atoms with Crippen molar-refractivity contribution in [2.75, 3.05) is 11.9 Å². The fraction of sp³-hybridized carbons (Fsp3) is 0.100. The third-order valence-electron chi connectivity index (χ3n) is 2.15. The lowest BCUT2D eigenvalue weighted by Gasteiger charge is -2.03. The normalized spacial score (nSPS) is 10.3. The number of hydrogen-bond donors (Lipinski definition) is 1. The number of fused-ring (bicyclic) bond motifs is 1. The standard InChI is InChI=1S/C10H9N3O3/c1-13(5-14)9-2-6-4-12-7(10(11)15)3-8(6)16-9/h2-5H,1H3,(H2,11,15). The quantitative estimate of drug-likeness (QED) is 0.762. The molecule has 0 aliphatic carbocycles. The van der Waals surface area contributed by atoms with Crippen LogP contribution in [-0.4, -0.2) is 24.3 Å². The van der Waals surface area contributed by atoms with Crippen LogP contribution in [0, 0.1) is 0 Å². The van der Waals surface area contributed by atoms with Crippen molar-refractivity contribution in [2.45, 2.75) is 0 Å². The first-order valence-electron chi connectivity index (χ1n) is 4.49. The Morgan fingerprint density at radius 3 is 2.94 bits per heavy atom. The second-order valence-corrected chi connectivity index (χ2v) is 3.27. The van der Waals surface area contributed by atoms with E-state index in [1.54, 1.807) is 13.1 Å². The Labute approximate surface area is 90.6 Å². The van der Waals surface area contributed by atoms with Crippen molar-refractivity contribution in [3.63, 3.8) is 0 Å².